The van der Waals surface area contributed by atoms with Gasteiger partial charge in [-0.3, -0.25) is 0 Å². The van der Waals surface area contributed by atoms with Crippen LogP contribution >= 0.6 is 27.3 Å². The molecule has 0 fully saturated rings. The van der Waals surface area contributed by atoms with Crippen LogP contribution in [-0.4, -0.2) is 14.5 Å². The summed E-state index contributed by atoms with van der Waals surface area (Å²) < 4.78 is 28.4. The van der Waals surface area contributed by atoms with Crippen molar-refractivity contribution in [1.29, 1.82) is 0 Å². The van der Waals surface area contributed by atoms with Gasteiger partial charge < -0.3 is 0 Å². The SMILES string of the molecule is Cc1ccccc1CC(C)NS(=O)(=O)c1cc(Br)sc1C. The van der Waals surface area contributed by atoms with E-state index in [0.29, 0.717) is 11.3 Å². The van der Waals surface area contributed by atoms with Gasteiger partial charge in [-0.1, -0.05) is 24.3 Å². The number of aryl methyl sites for hydroxylation is 2. The molecule has 0 bridgehead atoms. The Balaban J connectivity index is 2.14. The fraction of sp³-hybridized carbons (Fsp3) is 0.333. The van der Waals surface area contributed by atoms with Crippen LogP contribution in [0, 0.1) is 13.8 Å². The largest absolute Gasteiger partial charge is 0.241 e. The molecule has 0 aliphatic heterocycles. The Morgan fingerprint density at radius 2 is 1.95 bits per heavy atom. The molecular formula is C15H18BrNO2S2. The predicted molar refractivity (Wildman–Crippen MR) is 91.4 cm³/mol. The van der Waals surface area contributed by atoms with Crippen LogP contribution in [-0.2, 0) is 16.4 Å². The first kappa shape index (κ1) is 16.7. The zero-order valence-corrected chi connectivity index (χ0v) is 15.4. The number of halogens is 1. The summed E-state index contributed by atoms with van der Waals surface area (Å²) >= 11 is 4.76. The molecule has 0 aliphatic carbocycles. The molecule has 3 nitrogen and oxygen atoms in total. The maximum atomic E-state index is 12.4. The highest BCUT2D eigenvalue weighted by Gasteiger charge is 2.22. The maximum absolute atomic E-state index is 12.4. The van der Waals surface area contributed by atoms with Crippen LogP contribution in [0.3, 0.4) is 0 Å². The van der Waals surface area contributed by atoms with Gasteiger partial charge in [0.2, 0.25) is 10.0 Å². The van der Waals surface area contributed by atoms with E-state index in [2.05, 4.69) is 20.7 Å². The minimum Gasteiger partial charge on any atom is -0.208 e. The fourth-order valence-corrected chi connectivity index (χ4v) is 5.89. The van der Waals surface area contributed by atoms with E-state index in [1.807, 2.05) is 45.0 Å². The van der Waals surface area contributed by atoms with Gasteiger partial charge in [0.1, 0.15) is 0 Å². The van der Waals surface area contributed by atoms with Gasteiger partial charge in [-0.2, -0.15) is 0 Å². The van der Waals surface area contributed by atoms with Gasteiger partial charge in [0, 0.05) is 10.9 Å². The highest BCUT2D eigenvalue weighted by molar-refractivity contribution is 9.11. The van der Waals surface area contributed by atoms with Crippen molar-refractivity contribution in [3.05, 3.63) is 50.1 Å². The smallest absolute Gasteiger partial charge is 0.208 e. The van der Waals surface area contributed by atoms with E-state index in [9.17, 15) is 8.42 Å². The molecule has 0 saturated heterocycles. The Morgan fingerprint density at radius 1 is 1.29 bits per heavy atom. The van der Waals surface area contributed by atoms with E-state index >= 15 is 0 Å². The third-order valence-electron chi connectivity index (χ3n) is 3.28. The number of nitrogens with one attached hydrogen (secondary N) is 1. The number of benzene rings is 1. The number of thiophene rings is 1. The number of rotatable bonds is 5. The van der Waals surface area contributed by atoms with Crippen LogP contribution in [0.25, 0.3) is 0 Å². The molecule has 1 aromatic heterocycles. The molecule has 1 aromatic carbocycles. The average molecular weight is 388 g/mol. The minimum absolute atomic E-state index is 0.158. The summed E-state index contributed by atoms with van der Waals surface area (Å²) in [5, 5.41) is 0. The molecule has 2 aromatic rings. The van der Waals surface area contributed by atoms with Crippen molar-refractivity contribution in [2.45, 2.75) is 38.1 Å². The number of hydrogen-bond donors (Lipinski definition) is 1. The van der Waals surface area contributed by atoms with Gasteiger partial charge in [0.25, 0.3) is 0 Å². The van der Waals surface area contributed by atoms with Crippen molar-refractivity contribution in [2.24, 2.45) is 0 Å². The summed E-state index contributed by atoms with van der Waals surface area (Å²) in [6.45, 7) is 5.74. The van der Waals surface area contributed by atoms with Crippen molar-refractivity contribution < 1.29 is 8.42 Å². The second-order valence-corrected chi connectivity index (χ2v) is 9.44. The van der Waals surface area contributed by atoms with E-state index in [1.54, 1.807) is 6.07 Å². The van der Waals surface area contributed by atoms with Crippen LogP contribution < -0.4 is 4.72 Å². The van der Waals surface area contributed by atoms with Crippen LogP contribution in [0.5, 0.6) is 0 Å². The molecule has 2 rings (SSSR count). The predicted octanol–water partition coefficient (Wildman–Crippen LogP) is 4.04. The summed E-state index contributed by atoms with van der Waals surface area (Å²) in [6.07, 6.45) is 0.677. The molecule has 114 valence electrons. The van der Waals surface area contributed by atoms with Gasteiger partial charge >= 0.3 is 0 Å². The van der Waals surface area contributed by atoms with Crippen LogP contribution in [0.4, 0.5) is 0 Å². The van der Waals surface area contributed by atoms with Crippen LogP contribution in [0.1, 0.15) is 22.9 Å². The summed E-state index contributed by atoms with van der Waals surface area (Å²) in [7, 11) is -3.47. The van der Waals surface area contributed by atoms with E-state index in [-0.39, 0.29) is 6.04 Å². The Bertz CT molecular complexity index is 738. The Kier molecular flexibility index (Phi) is 5.24. The van der Waals surface area contributed by atoms with Crippen molar-refractivity contribution in [2.75, 3.05) is 0 Å². The number of hydrogen-bond acceptors (Lipinski definition) is 3. The molecule has 0 spiro atoms. The maximum Gasteiger partial charge on any atom is 0.241 e. The number of sulfonamides is 1. The first-order valence-electron chi connectivity index (χ1n) is 6.62. The molecule has 1 atom stereocenters. The normalized spacial score (nSPS) is 13.3. The van der Waals surface area contributed by atoms with Gasteiger partial charge in [0.15, 0.2) is 0 Å². The second-order valence-electron chi connectivity index (χ2n) is 5.12. The van der Waals surface area contributed by atoms with Gasteiger partial charge in [-0.05, 0) is 60.3 Å². The van der Waals surface area contributed by atoms with Gasteiger partial charge in [0.05, 0.1) is 8.68 Å². The fourth-order valence-electron chi connectivity index (χ4n) is 2.24. The molecule has 21 heavy (non-hydrogen) atoms. The molecule has 1 heterocycles. The van der Waals surface area contributed by atoms with Gasteiger partial charge in [-0.15, -0.1) is 11.3 Å². The third-order valence-corrected chi connectivity index (χ3v) is 6.67. The molecule has 0 radical (unpaired) electrons. The van der Waals surface area contributed by atoms with Crippen molar-refractivity contribution >= 4 is 37.3 Å². The zero-order chi connectivity index (χ0) is 15.6. The van der Waals surface area contributed by atoms with Crippen molar-refractivity contribution in [1.82, 2.24) is 4.72 Å². The van der Waals surface area contributed by atoms with Crippen molar-refractivity contribution in [3.8, 4) is 0 Å². The van der Waals surface area contributed by atoms with Gasteiger partial charge in [-0.25, -0.2) is 13.1 Å². The molecular weight excluding hydrogens is 370 g/mol. The first-order valence-corrected chi connectivity index (χ1v) is 9.71. The lowest BCUT2D eigenvalue weighted by molar-refractivity contribution is 0.559. The topological polar surface area (TPSA) is 46.2 Å². The molecule has 0 saturated carbocycles. The van der Waals surface area contributed by atoms with Crippen molar-refractivity contribution in [3.63, 3.8) is 0 Å². The molecule has 0 aliphatic rings. The molecule has 0 amide bonds. The summed E-state index contributed by atoms with van der Waals surface area (Å²) in [5.74, 6) is 0. The van der Waals surface area contributed by atoms with Crippen LogP contribution in [0.15, 0.2) is 39.0 Å². The lowest BCUT2D eigenvalue weighted by Crippen LogP contribution is -2.34. The monoisotopic (exact) mass is 387 g/mol. The van der Waals surface area contributed by atoms with E-state index in [1.165, 1.54) is 16.9 Å². The Morgan fingerprint density at radius 3 is 2.52 bits per heavy atom. The molecule has 1 unspecified atom stereocenters. The standard InChI is InChI=1S/C15H18BrNO2S2/c1-10-6-4-5-7-13(10)8-11(2)17-21(18,19)14-9-15(16)20-12(14)3/h4-7,9,11,17H,8H2,1-3H3. The lowest BCUT2D eigenvalue weighted by Gasteiger charge is -2.15. The summed E-state index contributed by atoms with van der Waals surface area (Å²) in [5.41, 5.74) is 2.34. The molecule has 1 N–H and O–H groups in total. The first-order chi connectivity index (χ1) is 9.79. The summed E-state index contributed by atoms with van der Waals surface area (Å²) in [6, 6.07) is 9.53. The van der Waals surface area contributed by atoms with E-state index in [4.69, 9.17) is 0 Å². The lowest BCUT2D eigenvalue weighted by atomic mass is 10.0. The molecule has 6 heteroatoms. The highest BCUT2D eigenvalue weighted by atomic mass is 79.9. The minimum atomic E-state index is -3.47. The Labute approximate surface area is 138 Å². The Hall–Kier alpha value is -0.690. The summed E-state index contributed by atoms with van der Waals surface area (Å²) in [4.78, 5) is 1.15. The average Bonchev–Trinajstić information content (AvgIpc) is 2.71. The highest BCUT2D eigenvalue weighted by Crippen LogP contribution is 2.29. The quantitative estimate of drug-likeness (QED) is 0.841. The van der Waals surface area contributed by atoms with E-state index < -0.39 is 10.0 Å². The second kappa shape index (κ2) is 6.60. The third kappa shape index (κ3) is 4.16. The van der Waals surface area contributed by atoms with E-state index in [0.717, 1.165) is 14.2 Å². The van der Waals surface area contributed by atoms with Crippen LogP contribution in [0.2, 0.25) is 0 Å². The zero-order valence-electron chi connectivity index (χ0n) is 12.2.